The number of carbonyl (C=O) groups excluding carboxylic acids is 2. The van der Waals surface area contributed by atoms with E-state index in [9.17, 15) is 9.59 Å². The van der Waals surface area contributed by atoms with Gasteiger partial charge in [-0.3, -0.25) is 19.9 Å². The number of hydrogen-bond acceptors (Lipinski definition) is 6. The Labute approximate surface area is 157 Å². The lowest BCUT2D eigenvalue weighted by atomic mass is 10.1. The zero-order chi connectivity index (χ0) is 18.8. The number of carbonyl (C=O) groups is 2. The van der Waals surface area contributed by atoms with Gasteiger partial charge in [-0.1, -0.05) is 17.9 Å². The van der Waals surface area contributed by atoms with Crippen LogP contribution in [0.25, 0.3) is 17.0 Å². The molecule has 1 saturated heterocycles. The lowest BCUT2D eigenvalue weighted by Gasteiger charge is -1.93. The first-order chi connectivity index (χ1) is 13.1. The minimum absolute atomic E-state index is 0.271. The van der Waals surface area contributed by atoms with Gasteiger partial charge < -0.3 is 4.42 Å². The molecule has 0 bridgehead atoms. The van der Waals surface area contributed by atoms with Crippen molar-refractivity contribution >= 4 is 40.0 Å². The largest absolute Gasteiger partial charge is 0.455 e. The number of nitrogens with zero attached hydrogens (tertiary/aromatic N) is 2. The summed E-state index contributed by atoms with van der Waals surface area (Å²) in [6.07, 6.45) is 4.73. The van der Waals surface area contributed by atoms with E-state index in [1.165, 1.54) is 6.08 Å². The standard InChI is InChI=1S/C20H9N3O3S/c21-9-13-3-1-2-12(6-13)4-5-14-10-22-11-15-7-16(26-18(14)15)8-17-19(24)23-20(25)27-17/h1-3,6-8,10-11H,(H,23,24,25)/b17-8+. The fraction of sp³-hybridized carbons (Fsp3) is 0. The average Bonchev–Trinajstić information content (AvgIpc) is 3.22. The van der Waals surface area contributed by atoms with Gasteiger partial charge in [0, 0.05) is 29.4 Å². The Morgan fingerprint density at radius 1 is 1.15 bits per heavy atom. The van der Waals surface area contributed by atoms with Gasteiger partial charge in [-0.05, 0) is 36.0 Å². The first-order valence-corrected chi connectivity index (χ1v) is 8.58. The molecule has 3 heterocycles. The molecule has 0 spiro atoms. The van der Waals surface area contributed by atoms with Crippen LogP contribution in [0.4, 0.5) is 4.79 Å². The van der Waals surface area contributed by atoms with Crippen molar-refractivity contribution in [2.75, 3.05) is 0 Å². The lowest BCUT2D eigenvalue weighted by molar-refractivity contribution is -0.115. The molecule has 1 aliphatic rings. The van der Waals surface area contributed by atoms with E-state index in [1.807, 2.05) is 6.07 Å². The quantitative estimate of drug-likeness (QED) is 0.520. The van der Waals surface area contributed by atoms with E-state index in [4.69, 9.17) is 9.68 Å². The molecule has 1 aliphatic heterocycles. The van der Waals surface area contributed by atoms with Gasteiger partial charge in [-0.15, -0.1) is 0 Å². The molecule has 1 fully saturated rings. The zero-order valence-corrected chi connectivity index (χ0v) is 14.5. The fourth-order valence-corrected chi connectivity index (χ4v) is 3.16. The highest BCUT2D eigenvalue weighted by Gasteiger charge is 2.25. The van der Waals surface area contributed by atoms with E-state index in [0.717, 1.165) is 17.1 Å². The van der Waals surface area contributed by atoms with Gasteiger partial charge in [0.05, 0.1) is 22.1 Å². The second kappa shape index (κ2) is 6.83. The second-order valence-electron chi connectivity index (χ2n) is 5.55. The van der Waals surface area contributed by atoms with Gasteiger partial charge in [0.15, 0.2) is 5.58 Å². The molecular weight excluding hydrogens is 362 g/mol. The smallest absolute Gasteiger partial charge is 0.290 e. The maximum absolute atomic E-state index is 11.7. The molecule has 0 unspecified atom stereocenters. The normalized spacial score (nSPS) is 14.7. The van der Waals surface area contributed by atoms with Gasteiger partial charge in [-0.25, -0.2) is 0 Å². The van der Waals surface area contributed by atoms with Crippen LogP contribution in [0.5, 0.6) is 0 Å². The summed E-state index contributed by atoms with van der Waals surface area (Å²) in [5, 5.41) is 11.5. The van der Waals surface area contributed by atoms with Crippen LogP contribution in [0.15, 0.2) is 52.0 Å². The van der Waals surface area contributed by atoms with E-state index >= 15 is 0 Å². The van der Waals surface area contributed by atoms with Gasteiger partial charge in [0.25, 0.3) is 11.1 Å². The summed E-state index contributed by atoms with van der Waals surface area (Å²) in [5.74, 6) is 5.98. The van der Waals surface area contributed by atoms with Gasteiger partial charge >= 0.3 is 0 Å². The molecule has 3 aromatic rings. The molecule has 128 valence electrons. The molecule has 6 nitrogen and oxygen atoms in total. The Balaban J connectivity index is 1.71. The number of imide groups is 1. The summed E-state index contributed by atoms with van der Waals surface area (Å²) in [4.78, 5) is 27.3. The zero-order valence-electron chi connectivity index (χ0n) is 13.6. The first kappa shape index (κ1) is 16.6. The molecule has 1 N–H and O–H groups in total. The molecule has 2 amide bonds. The summed E-state index contributed by atoms with van der Waals surface area (Å²) in [7, 11) is 0. The highest BCUT2D eigenvalue weighted by Crippen LogP contribution is 2.28. The van der Waals surface area contributed by atoms with Crippen molar-refractivity contribution in [3.8, 4) is 17.9 Å². The number of amides is 2. The van der Waals surface area contributed by atoms with Crippen LogP contribution >= 0.6 is 11.8 Å². The van der Waals surface area contributed by atoms with E-state index in [2.05, 4.69) is 28.2 Å². The van der Waals surface area contributed by atoms with Crippen molar-refractivity contribution in [2.45, 2.75) is 0 Å². The molecule has 7 heteroatoms. The number of hydrogen-bond donors (Lipinski definition) is 1. The molecule has 0 aliphatic carbocycles. The molecule has 1 aromatic carbocycles. The molecule has 0 radical (unpaired) electrons. The van der Waals surface area contributed by atoms with Crippen LogP contribution < -0.4 is 5.32 Å². The maximum Gasteiger partial charge on any atom is 0.290 e. The third kappa shape index (κ3) is 3.45. The number of nitriles is 1. The Morgan fingerprint density at radius 3 is 2.78 bits per heavy atom. The number of aromatic nitrogens is 1. The molecule has 0 saturated carbocycles. The van der Waals surface area contributed by atoms with Crippen molar-refractivity contribution in [2.24, 2.45) is 0 Å². The van der Waals surface area contributed by atoms with Crippen LogP contribution in [0.2, 0.25) is 0 Å². The number of nitrogens with one attached hydrogen (secondary N) is 1. The minimum Gasteiger partial charge on any atom is -0.455 e. The summed E-state index contributed by atoms with van der Waals surface area (Å²) < 4.78 is 5.80. The van der Waals surface area contributed by atoms with E-state index < -0.39 is 11.1 Å². The predicted octanol–water partition coefficient (Wildman–Crippen LogP) is 3.42. The number of thioether (sulfide) groups is 1. The Hall–Kier alpha value is -3.81. The Bertz CT molecular complexity index is 1240. The van der Waals surface area contributed by atoms with Gasteiger partial charge in [0.1, 0.15) is 5.76 Å². The van der Waals surface area contributed by atoms with Crippen LogP contribution in [-0.4, -0.2) is 16.1 Å². The number of pyridine rings is 1. The van der Waals surface area contributed by atoms with Crippen molar-refractivity contribution in [3.63, 3.8) is 0 Å². The summed E-state index contributed by atoms with van der Waals surface area (Å²) >= 11 is 0.825. The van der Waals surface area contributed by atoms with Gasteiger partial charge in [-0.2, -0.15) is 5.26 Å². The van der Waals surface area contributed by atoms with Crippen LogP contribution in [0.3, 0.4) is 0 Å². The second-order valence-corrected chi connectivity index (χ2v) is 6.56. The molecule has 2 aromatic heterocycles. The summed E-state index contributed by atoms with van der Waals surface area (Å²) in [6.45, 7) is 0. The molecule has 0 atom stereocenters. The topological polar surface area (TPSA) is 96.0 Å². The lowest BCUT2D eigenvalue weighted by Crippen LogP contribution is -2.17. The van der Waals surface area contributed by atoms with Gasteiger partial charge in [0.2, 0.25) is 0 Å². The predicted molar refractivity (Wildman–Crippen MR) is 100 cm³/mol. The third-order valence-corrected chi connectivity index (χ3v) is 4.50. The monoisotopic (exact) mass is 371 g/mol. The molecular formula is C20H9N3O3S. The van der Waals surface area contributed by atoms with Crippen molar-refractivity contribution in [1.29, 1.82) is 5.26 Å². The fourth-order valence-electron chi connectivity index (χ4n) is 2.50. The van der Waals surface area contributed by atoms with E-state index in [0.29, 0.717) is 28.0 Å². The average molecular weight is 371 g/mol. The minimum atomic E-state index is -0.444. The third-order valence-electron chi connectivity index (χ3n) is 3.69. The number of benzene rings is 1. The van der Waals surface area contributed by atoms with E-state index in [1.54, 1.807) is 36.7 Å². The van der Waals surface area contributed by atoms with Crippen molar-refractivity contribution in [1.82, 2.24) is 10.3 Å². The van der Waals surface area contributed by atoms with Crippen molar-refractivity contribution < 1.29 is 14.0 Å². The molecule has 4 rings (SSSR count). The van der Waals surface area contributed by atoms with Crippen LogP contribution in [0, 0.1) is 23.2 Å². The maximum atomic E-state index is 11.7. The van der Waals surface area contributed by atoms with E-state index in [-0.39, 0.29) is 4.91 Å². The Morgan fingerprint density at radius 2 is 2.00 bits per heavy atom. The summed E-state index contributed by atoms with van der Waals surface area (Å²) in [5.41, 5.74) is 2.36. The Kier molecular flexibility index (Phi) is 4.21. The van der Waals surface area contributed by atoms with Crippen LogP contribution in [-0.2, 0) is 4.79 Å². The highest BCUT2D eigenvalue weighted by atomic mass is 32.2. The number of fused-ring (bicyclic) bond motifs is 1. The number of furan rings is 1. The molecule has 27 heavy (non-hydrogen) atoms. The van der Waals surface area contributed by atoms with Crippen LogP contribution in [0.1, 0.15) is 22.5 Å². The SMILES string of the molecule is N#Cc1cccc(C#Cc2cncc3cc(/C=C4/SC(=O)NC4=O)oc23)c1. The summed E-state index contributed by atoms with van der Waals surface area (Å²) in [6, 6.07) is 10.8. The highest BCUT2D eigenvalue weighted by molar-refractivity contribution is 8.18. The number of rotatable bonds is 1. The van der Waals surface area contributed by atoms with Crippen molar-refractivity contribution in [3.05, 3.63) is 70.1 Å². The first-order valence-electron chi connectivity index (χ1n) is 7.77.